The van der Waals surface area contributed by atoms with Crippen LogP contribution in [-0.4, -0.2) is 50.3 Å². The van der Waals surface area contributed by atoms with E-state index >= 15 is 0 Å². The van der Waals surface area contributed by atoms with Crippen molar-refractivity contribution in [2.75, 3.05) is 6.61 Å². The molecule has 1 unspecified atom stereocenters. The number of carbonyl (C=O) groups excluding carboxylic acids is 2. The second-order valence-electron chi connectivity index (χ2n) is 6.03. The van der Waals surface area contributed by atoms with E-state index in [1.54, 1.807) is 6.07 Å². The SMILES string of the molecule is CC(=O)NC1S[C@@H]2[C@@H](c3ccccc3CN)C(=O)N2C(C(=O)O)=C1CO. The Labute approximate surface area is 154 Å². The van der Waals surface area contributed by atoms with Crippen molar-refractivity contribution in [1.29, 1.82) is 0 Å². The average molecular weight is 377 g/mol. The summed E-state index contributed by atoms with van der Waals surface area (Å²) in [5.41, 5.74) is 7.18. The molecule has 2 aliphatic heterocycles. The lowest BCUT2D eigenvalue weighted by Crippen LogP contribution is -2.62. The molecule has 9 heteroatoms. The molecule has 2 aliphatic rings. The number of fused-ring (bicyclic) bond motifs is 1. The number of aliphatic carboxylic acids is 1. The summed E-state index contributed by atoms with van der Waals surface area (Å²) >= 11 is 1.24. The van der Waals surface area contributed by atoms with Gasteiger partial charge in [-0.15, -0.1) is 11.8 Å². The summed E-state index contributed by atoms with van der Waals surface area (Å²) < 4.78 is 0. The number of hydrogen-bond acceptors (Lipinski definition) is 6. The highest BCUT2D eigenvalue weighted by Crippen LogP contribution is 2.50. The Hall–Kier alpha value is -2.36. The third-order valence-electron chi connectivity index (χ3n) is 4.50. The van der Waals surface area contributed by atoms with E-state index in [2.05, 4.69) is 5.32 Å². The largest absolute Gasteiger partial charge is 0.477 e. The quantitative estimate of drug-likeness (QED) is 0.528. The van der Waals surface area contributed by atoms with Gasteiger partial charge in [-0.3, -0.25) is 14.5 Å². The van der Waals surface area contributed by atoms with E-state index in [4.69, 9.17) is 5.73 Å². The zero-order valence-corrected chi connectivity index (χ0v) is 14.8. The lowest BCUT2D eigenvalue weighted by Gasteiger charge is -2.51. The third kappa shape index (κ3) is 2.87. The highest BCUT2D eigenvalue weighted by Gasteiger charge is 2.56. The van der Waals surface area contributed by atoms with Crippen LogP contribution in [-0.2, 0) is 20.9 Å². The van der Waals surface area contributed by atoms with E-state index in [-0.39, 0.29) is 29.6 Å². The number of β-lactam (4-membered cyclic amide) rings is 1. The van der Waals surface area contributed by atoms with Crippen LogP contribution in [0.3, 0.4) is 0 Å². The second-order valence-corrected chi connectivity index (χ2v) is 7.26. The lowest BCUT2D eigenvalue weighted by molar-refractivity contribution is -0.148. The van der Waals surface area contributed by atoms with Crippen molar-refractivity contribution in [1.82, 2.24) is 10.2 Å². The van der Waals surface area contributed by atoms with Crippen molar-refractivity contribution in [3.63, 3.8) is 0 Å². The molecular formula is C17H19N3O5S. The monoisotopic (exact) mass is 377 g/mol. The fourth-order valence-corrected chi connectivity index (χ4v) is 4.97. The van der Waals surface area contributed by atoms with E-state index in [0.29, 0.717) is 0 Å². The molecule has 0 saturated carbocycles. The second kappa shape index (κ2) is 7.10. The number of aliphatic hydroxyl groups is 1. The van der Waals surface area contributed by atoms with Gasteiger partial charge in [-0.25, -0.2) is 4.79 Å². The Morgan fingerprint density at radius 2 is 2.04 bits per heavy atom. The van der Waals surface area contributed by atoms with E-state index in [0.717, 1.165) is 11.1 Å². The van der Waals surface area contributed by atoms with Gasteiger partial charge >= 0.3 is 5.97 Å². The minimum Gasteiger partial charge on any atom is -0.477 e. The van der Waals surface area contributed by atoms with Crippen molar-refractivity contribution in [3.8, 4) is 0 Å². The highest BCUT2D eigenvalue weighted by atomic mass is 32.2. The molecule has 0 aliphatic carbocycles. The maximum Gasteiger partial charge on any atom is 0.352 e. The minimum absolute atomic E-state index is 0.105. The van der Waals surface area contributed by atoms with Crippen LogP contribution in [0, 0.1) is 0 Å². The van der Waals surface area contributed by atoms with Crippen LogP contribution < -0.4 is 11.1 Å². The predicted molar refractivity (Wildman–Crippen MR) is 94.7 cm³/mol. The number of rotatable bonds is 5. The average Bonchev–Trinajstić information content (AvgIpc) is 2.60. The Balaban J connectivity index is 2.04. The first-order chi connectivity index (χ1) is 12.4. The molecular weight excluding hydrogens is 358 g/mol. The number of nitrogens with two attached hydrogens (primary N) is 1. The number of thioether (sulfide) groups is 1. The summed E-state index contributed by atoms with van der Waals surface area (Å²) in [6, 6.07) is 7.27. The first kappa shape index (κ1) is 18.4. The first-order valence-corrected chi connectivity index (χ1v) is 8.95. The van der Waals surface area contributed by atoms with E-state index in [9.17, 15) is 24.6 Å². The standard InChI is InChI=1S/C17H19N3O5S/c1-8(22)19-14-11(7-21)13(17(24)25)20-15(23)12(16(20)26-14)10-5-3-2-4-9(10)6-18/h2-5,12,14,16,21H,6-7,18H2,1H3,(H,19,22)(H,24,25)/t12-,14?,16+/m0/s1. The van der Waals surface area contributed by atoms with Crippen LogP contribution in [0.4, 0.5) is 0 Å². The molecule has 1 aromatic carbocycles. The van der Waals surface area contributed by atoms with Gasteiger partial charge in [-0.05, 0) is 11.1 Å². The molecule has 8 nitrogen and oxygen atoms in total. The number of aliphatic hydroxyl groups excluding tert-OH is 1. The number of nitrogens with one attached hydrogen (secondary N) is 1. The van der Waals surface area contributed by atoms with E-state index < -0.39 is 29.2 Å². The Kier molecular flexibility index (Phi) is 5.03. The predicted octanol–water partition coefficient (Wildman–Crippen LogP) is -0.0628. The Morgan fingerprint density at radius 3 is 2.62 bits per heavy atom. The molecule has 2 amide bonds. The van der Waals surface area contributed by atoms with Crippen LogP contribution >= 0.6 is 11.8 Å². The number of benzene rings is 1. The van der Waals surface area contributed by atoms with E-state index in [1.807, 2.05) is 18.2 Å². The fraction of sp³-hybridized carbons (Fsp3) is 0.353. The summed E-state index contributed by atoms with van der Waals surface area (Å²) in [5, 5.41) is 20.7. The summed E-state index contributed by atoms with van der Waals surface area (Å²) in [4.78, 5) is 37.2. The highest BCUT2D eigenvalue weighted by molar-refractivity contribution is 8.00. The Morgan fingerprint density at radius 1 is 1.35 bits per heavy atom. The lowest BCUT2D eigenvalue weighted by atomic mass is 9.85. The maximum absolute atomic E-state index is 12.8. The van der Waals surface area contributed by atoms with Crippen LogP contribution in [0.25, 0.3) is 0 Å². The van der Waals surface area contributed by atoms with Gasteiger partial charge in [0.25, 0.3) is 0 Å². The molecule has 0 spiro atoms. The van der Waals surface area contributed by atoms with Crippen molar-refractivity contribution in [2.24, 2.45) is 5.73 Å². The van der Waals surface area contributed by atoms with Crippen LogP contribution in [0.1, 0.15) is 24.0 Å². The van der Waals surface area contributed by atoms with Gasteiger partial charge in [-0.1, -0.05) is 24.3 Å². The third-order valence-corrected chi connectivity index (χ3v) is 5.93. The van der Waals surface area contributed by atoms with Crippen LogP contribution in [0.2, 0.25) is 0 Å². The van der Waals surface area contributed by atoms with Gasteiger partial charge in [0.15, 0.2) is 0 Å². The van der Waals surface area contributed by atoms with Crippen molar-refractivity contribution < 1.29 is 24.6 Å². The maximum atomic E-state index is 12.8. The normalized spacial score (nSPS) is 24.8. The zero-order valence-electron chi connectivity index (χ0n) is 14.0. The minimum atomic E-state index is -1.31. The van der Waals surface area contributed by atoms with Gasteiger partial charge in [0.05, 0.1) is 12.5 Å². The van der Waals surface area contributed by atoms with Crippen LogP contribution in [0.5, 0.6) is 0 Å². The molecule has 0 aromatic heterocycles. The number of amides is 2. The molecule has 3 rings (SSSR count). The number of carbonyl (C=O) groups is 3. The van der Waals surface area contributed by atoms with E-state index in [1.165, 1.54) is 23.6 Å². The molecule has 1 fully saturated rings. The van der Waals surface area contributed by atoms with Crippen molar-refractivity contribution in [2.45, 2.75) is 30.1 Å². The molecule has 5 N–H and O–H groups in total. The molecule has 3 atom stereocenters. The van der Waals surface area contributed by atoms with Gasteiger partial charge in [0.2, 0.25) is 11.8 Å². The molecule has 1 saturated heterocycles. The smallest absolute Gasteiger partial charge is 0.352 e. The summed E-state index contributed by atoms with van der Waals surface area (Å²) in [6.45, 7) is 1.01. The Bertz CT molecular complexity index is 809. The fourth-order valence-electron chi connectivity index (χ4n) is 3.36. The first-order valence-electron chi connectivity index (χ1n) is 8.01. The number of carboxylic acid groups (broad SMARTS) is 1. The molecule has 26 heavy (non-hydrogen) atoms. The van der Waals surface area contributed by atoms with Gasteiger partial charge in [-0.2, -0.15) is 0 Å². The molecule has 138 valence electrons. The van der Waals surface area contributed by atoms with Gasteiger partial charge in [0, 0.05) is 19.0 Å². The molecule has 0 radical (unpaired) electrons. The summed E-state index contributed by atoms with van der Waals surface area (Å²) in [5.74, 6) is -2.57. The van der Waals surface area contributed by atoms with Crippen LogP contribution in [0.15, 0.2) is 35.5 Å². The van der Waals surface area contributed by atoms with Gasteiger partial charge < -0.3 is 21.3 Å². The summed E-state index contributed by atoms with van der Waals surface area (Å²) in [6.07, 6.45) is 0. The number of carboxylic acids is 1. The van der Waals surface area contributed by atoms with Gasteiger partial charge in [0.1, 0.15) is 16.4 Å². The molecule has 2 heterocycles. The number of nitrogens with zero attached hydrogens (tertiary/aromatic N) is 1. The number of hydrogen-bond donors (Lipinski definition) is 4. The summed E-state index contributed by atoms with van der Waals surface area (Å²) in [7, 11) is 0. The molecule has 1 aromatic rings. The topological polar surface area (TPSA) is 133 Å². The molecule has 0 bridgehead atoms. The van der Waals surface area contributed by atoms with Crippen molar-refractivity contribution in [3.05, 3.63) is 46.7 Å². The van der Waals surface area contributed by atoms with Crippen molar-refractivity contribution >= 4 is 29.5 Å². The zero-order chi connectivity index (χ0) is 19.0.